The Kier molecular flexibility index (Phi) is 7.71. The minimum Gasteiger partial charge on any atom is -0.484 e. The molecule has 31 heavy (non-hydrogen) atoms. The fourth-order valence-electron chi connectivity index (χ4n) is 3.76. The lowest BCUT2D eigenvalue weighted by Crippen LogP contribution is -2.54. The van der Waals surface area contributed by atoms with Crippen LogP contribution >= 0.6 is 11.6 Å². The van der Waals surface area contributed by atoms with Crippen LogP contribution in [0.1, 0.15) is 28.9 Å². The molecule has 1 N–H and O–H groups in total. The second-order valence-electron chi connectivity index (χ2n) is 7.61. The number of ether oxygens (including phenoxy) is 1. The number of hydrogen-bond donors (Lipinski definition) is 1. The SMILES string of the molecule is C=CC(=O)N1CCN(CC(Oc2ccc(C(=O)NC)cc2)c2ccc(Cl)cc2)C[C@H]1C. The van der Waals surface area contributed by atoms with Crippen molar-refractivity contribution >= 4 is 23.4 Å². The summed E-state index contributed by atoms with van der Waals surface area (Å²) in [6, 6.07) is 14.8. The number of benzene rings is 2. The van der Waals surface area contributed by atoms with Crippen LogP contribution in [0.3, 0.4) is 0 Å². The first-order valence-electron chi connectivity index (χ1n) is 10.3. The highest BCUT2D eigenvalue weighted by Crippen LogP contribution is 2.26. The van der Waals surface area contributed by atoms with E-state index in [1.807, 2.05) is 36.1 Å². The van der Waals surface area contributed by atoms with E-state index in [0.717, 1.165) is 18.7 Å². The highest BCUT2D eigenvalue weighted by atomic mass is 35.5. The van der Waals surface area contributed by atoms with Gasteiger partial charge in [0.25, 0.3) is 5.91 Å². The fourth-order valence-corrected chi connectivity index (χ4v) is 3.89. The quantitative estimate of drug-likeness (QED) is 0.667. The number of rotatable bonds is 7. The zero-order valence-corrected chi connectivity index (χ0v) is 18.6. The maximum atomic E-state index is 12.0. The first-order valence-corrected chi connectivity index (χ1v) is 10.7. The Morgan fingerprint density at radius 1 is 1.19 bits per heavy atom. The monoisotopic (exact) mass is 441 g/mol. The number of carbonyl (C=O) groups is 2. The van der Waals surface area contributed by atoms with E-state index in [1.54, 1.807) is 31.3 Å². The van der Waals surface area contributed by atoms with E-state index >= 15 is 0 Å². The van der Waals surface area contributed by atoms with Crippen molar-refractivity contribution in [2.45, 2.75) is 19.1 Å². The Morgan fingerprint density at radius 2 is 1.87 bits per heavy atom. The molecule has 3 rings (SSSR count). The molecule has 0 bridgehead atoms. The molecule has 0 radical (unpaired) electrons. The molecule has 1 heterocycles. The van der Waals surface area contributed by atoms with Crippen molar-refractivity contribution in [3.05, 3.63) is 77.3 Å². The van der Waals surface area contributed by atoms with E-state index in [2.05, 4.69) is 16.8 Å². The molecule has 2 atom stereocenters. The first kappa shape index (κ1) is 22.8. The molecule has 0 aromatic heterocycles. The molecule has 2 amide bonds. The molecule has 1 fully saturated rings. The molecular formula is C24H28ClN3O3. The third-order valence-electron chi connectivity index (χ3n) is 5.46. The van der Waals surface area contributed by atoms with Crippen LogP contribution in [0.15, 0.2) is 61.2 Å². The summed E-state index contributed by atoms with van der Waals surface area (Å²) in [4.78, 5) is 28.0. The molecule has 1 aliphatic rings. The average molecular weight is 442 g/mol. The van der Waals surface area contributed by atoms with Crippen LogP contribution in [0.4, 0.5) is 0 Å². The molecule has 0 aliphatic carbocycles. The molecule has 7 heteroatoms. The van der Waals surface area contributed by atoms with Crippen molar-refractivity contribution in [3.8, 4) is 5.75 Å². The Hall–Kier alpha value is -2.83. The molecule has 1 unspecified atom stereocenters. The molecule has 0 saturated carbocycles. The van der Waals surface area contributed by atoms with Gasteiger partial charge in [-0.3, -0.25) is 14.5 Å². The van der Waals surface area contributed by atoms with Crippen molar-refractivity contribution < 1.29 is 14.3 Å². The second kappa shape index (κ2) is 10.5. The smallest absolute Gasteiger partial charge is 0.251 e. The summed E-state index contributed by atoms with van der Waals surface area (Å²) in [5.41, 5.74) is 1.59. The Morgan fingerprint density at radius 3 is 2.45 bits per heavy atom. The van der Waals surface area contributed by atoms with Gasteiger partial charge >= 0.3 is 0 Å². The standard InChI is InChI=1S/C24H28ClN3O3/c1-4-23(29)28-14-13-27(15-17(28)2)16-22(18-5-9-20(25)10-6-18)31-21-11-7-19(8-12-21)24(30)26-3/h4-12,17,22H,1,13-16H2,2-3H3,(H,26,30)/t17-,22?/m1/s1. The molecule has 2 aromatic carbocycles. The maximum absolute atomic E-state index is 12.0. The minimum atomic E-state index is -0.225. The highest BCUT2D eigenvalue weighted by molar-refractivity contribution is 6.30. The number of nitrogens with one attached hydrogen (secondary N) is 1. The van der Waals surface area contributed by atoms with Crippen molar-refractivity contribution in [1.82, 2.24) is 15.1 Å². The van der Waals surface area contributed by atoms with E-state index in [-0.39, 0.29) is 24.0 Å². The normalized spacial score (nSPS) is 17.6. The number of halogens is 1. The van der Waals surface area contributed by atoms with Crippen LogP contribution in [-0.2, 0) is 4.79 Å². The molecule has 2 aromatic rings. The average Bonchev–Trinajstić information content (AvgIpc) is 2.78. The van der Waals surface area contributed by atoms with Crippen molar-refractivity contribution in [2.75, 3.05) is 33.2 Å². The van der Waals surface area contributed by atoms with E-state index in [0.29, 0.717) is 29.4 Å². The van der Waals surface area contributed by atoms with Gasteiger partial charge in [0, 0.05) is 49.9 Å². The van der Waals surface area contributed by atoms with Crippen LogP contribution in [0, 0.1) is 0 Å². The predicted molar refractivity (Wildman–Crippen MR) is 122 cm³/mol. The van der Waals surface area contributed by atoms with E-state index in [1.165, 1.54) is 6.08 Å². The Labute approximate surface area is 188 Å². The summed E-state index contributed by atoms with van der Waals surface area (Å²) in [6.07, 6.45) is 1.14. The van der Waals surface area contributed by atoms with Gasteiger partial charge in [-0.2, -0.15) is 0 Å². The summed E-state index contributed by atoms with van der Waals surface area (Å²) in [5.74, 6) is 0.511. The van der Waals surface area contributed by atoms with Gasteiger partial charge in [-0.05, 0) is 55.0 Å². The van der Waals surface area contributed by atoms with Crippen LogP contribution in [0.2, 0.25) is 5.02 Å². The highest BCUT2D eigenvalue weighted by Gasteiger charge is 2.28. The maximum Gasteiger partial charge on any atom is 0.251 e. The summed E-state index contributed by atoms with van der Waals surface area (Å²) in [5, 5.41) is 3.28. The summed E-state index contributed by atoms with van der Waals surface area (Å²) in [7, 11) is 1.60. The zero-order chi connectivity index (χ0) is 22.4. The van der Waals surface area contributed by atoms with Gasteiger partial charge in [0.1, 0.15) is 11.9 Å². The second-order valence-corrected chi connectivity index (χ2v) is 8.04. The van der Waals surface area contributed by atoms with Gasteiger partial charge in [-0.15, -0.1) is 0 Å². The van der Waals surface area contributed by atoms with Gasteiger partial charge in [-0.1, -0.05) is 30.3 Å². The number of hydrogen-bond acceptors (Lipinski definition) is 4. The van der Waals surface area contributed by atoms with Crippen LogP contribution in [0.5, 0.6) is 5.75 Å². The summed E-state index contributed by atoms with van der Waals surface area (Å²) >= 11 is 6.07. The third-order valence-corrected chi connectivity index (χ3v) is 5.71. The number of carbonyl (C=O) groups excluding carboxylic acids is 2. The predicted octanol–water partition coefficient (Wildman–Crippen LogP) is 3.54. The van der Waals surface area contributed by atoms with Gasteiger partial charge in [-0.25, -0.2) is 0 Å². The lowest BCUT2D eigenvalue weighted by molar-refractivity contribution is -0.130. The molecule has 164 valence electrons. The molecule has 1 saturated heterocycles. The van der Waals surface area contributed by atoms with Gasteiger partial charge in [0.05, 0.1) is 0 Å². The first-order chi connectivity index (χ1) is 14.9. The molecule has 1 aliphatic heterocycles. The van der Waals surface area contributed by atoms with Crippen LogP contribution < -0.4 is 10.1 Å². The lowest BCUT2D eigenvalue weighted by Gasteiger charge is -2.40. The molecule has 6 nitrogen and oxygen atoms in total. The minimum absolute atomic E-state index is 0.0335. The Bertz CT molecular complexity index is 915. The lowest BCUT2D eigenvalue weighted by atomic mass is 10.1. The molecular weight excluding hydrogens is 414 g/mol. The van der Waals surface area contributed by atoms with Crippen molar-refractivity contribution in [1.29, 1.82) is 0 Å². The number of amides is 2. The summed E-state index contributed by atoms with van der Waals surface area (Å²) in [6.45, 7) is 8.47. The van der Waals surface area contributed by atoms with Gasteiger partial charge in [0.2, 0.25) is 5.91 Å². The van der Waals surface area contributed by atoms with Gasteiger partial charge < -0.3 is 15.0 Å². The largest absolute Gasteiger partial charge is 0.484 e. The van der Waals surface area contributed by atoms with E-state index < -0.39 is 0 Å². The summed E-state index contributed by atoms with van der Waals surface area (Å²) < 4.78 is 6.33. The van der Waals surface area contributed by atoms with Gasteiger partial charge in [0.15, 0.2) is 0 Å². The number of nitrogens with zero attached hydrogens (tertiary/aromatic N) is 2. The van der Waals surface area contributed by atoms with Crippen LogP contribution in [-0.4, -0.2) is 60.9 Å². The molecule has 0 spiro atoms. The van der Waals surface area contributed by atoms with E-state index in [9.17, 15) is 9.59 Å². The Balaban J connectivity index is 1.75. The zero-order valence-electron chi connectivity index (χ0n) is 17.9. The third kappa shape index (κ3) is 5.87. The van der Waals surface area contributed by atoms with E-state index in [4.69, 9.17) is 16.3 Å². The van der Waals surface area contributed by atoms with Crippen molar-refractivity contribution in [3.63, 3.8) is 0 Å². The van der Waals surface area contributed by atoms with Crippen molar-refractivity contribution in [2.24, 2.45) is 0 Å². The topological polar surface area (TPSA) is 61.9 Å². The number of piperazine rings is 1. The fraction of sp³-hybridized carbons (Fsp3) is 0.333. The van der Waals surface area contributed by atoms with Crippen LogP contribution in [0.25, 0.3) is 0 Å².